The molecule has 0 amide bonds. The van der Waals surface area contributed by atoms with Crippen LogP contribution in [0.2, 0.25) is 0 Å². The van der Waals surface area contributed by atoms with E-state index in [-0.39, 0.29) is 24.1 Å². The van der Waals surface area contributed by atoms with Crippen LogP contribution in [-0.2, 0) is 5.60 Å². The molecule has 1 aromatic carbocycles. The van der Waals surface area contributed by atoms with Crippen LogP contribution in [0.5, 0.6) is 5.75 Å². The van der Waals surface area contributed by atoms with E-state index in [0.29, 0.717) is 11.8 Å². The first-order valence-electron chi connectivity index (χ1n) is 7.18. The van der Waals surface area contributed by atoms with Crippen molar-refractivity contribution < 1.29 is 10.2 Å². The van der Waals surface area contributed by atoms with Crippen LogP contribution < -0.4 is 0 Å². The second kappa shape index (κ2) is 5.55. The molecule has 3 nitrogen and oxygen atoms in total. The third-order valence-corrected chi connectivity index (χ3v) is 4.89. The Balaban J connectivity index is 0.00000147. The highest BCUT2D eigenvalue weighted by Gasteiger charge is 2.59. The molecule has 112 valence electrons. The minimum absolute atomic E-state index is 0. The standard InChI is InChI=1S/C16H23NO2.ClH/c1-17(2)10-13-7-6-11-8-15(11)16(13,19)12-4-3-5-14(18)9-12;/h3-5,9,11,13,15,18-19H,6-8,10H2,1-2H3;1H. The van der Waals surface area contributed by atoms with Crippen molar-refractivity contribution in [2.24, 2.45) is 17.8 Å². The Morgan fingerprint density at radius 1 is 1.30 bits per heavy atom. The Bertz CT molecular complexity index is 479. The first-order chi connectivity index (χ1) is 9.01. The number of hydrogen-bond acceptors (Lipinski definition) is 3. The Kier molecular flexibility index (Phi) is 4.33. The molecule has 2 aliphatic carbocycles. The lowest BCUT2D eigenvalue weighted by Crippen LogP contribution is -2.45. The molecule has 2 aliphatic rings. The maximum absolute atomic E-state index is 11.3. The number of aromatic hydroxyl groups is 1. The van der Waals surface area contributed by atoms with Gasteiger partial charge < -0.3 is 15.1 Å². The summed E-state index contributed by atoms with van der Waals surface area (Å²) in [5.74, 6) is 1.57. The van der Waals surface area contributed by atoms with Gasteiger partial charge >= 0.3 is 0 Å². The molecule has 0 bridgehead atoms. The number of phenols is 1. The van der Waals surface area contributed by atoms with Crippen molar-refractivity contribution in [1.29, 1.82) is 0 Å². The SMILES string of the molecule is CN(C)CC1CCC2CC2C1(O)c1cccc(O)c1.Cl. The molecule has 2 N–H and O–H groups in total. The maximum atomic E-state index is 11.3. The van der Waals surface area contributed by atoms with Crippen LogP contribution in [0, 0.1) is 17.8 Å². The Morgan fingerprint density at radius 2 is 2.05 bits per heavy atom. The lowest BCUT2D eigenvalue weighted by molar-refractivity contribution is -0.0751. The van der Waals surface area contributed by atoms with Gasteiger partial charge in [-0.15, -0.1) is 12.4 Å². The number of halogens is 1. The first-order valence-corrected chi connectivity index (χ1v) is 7.18. The van der Waals surface area contributed by atoms with Gasteiger partial charge in [0.25, 0.3) is 0 Å². The second-order valence-electron chi connectivity index (χ2n) is 6.51. The summed E-state index contributed by atoms with van der Waals surface area (Å²) in [7, 11) is 4.11. The molecule has 4 atom stereocenters. The minimum atomic E-state index is -0.758. The molecule has 2 saturated carbocycles. The van der Waals surface area contributed by atoms with E-state index in [1.807, 2.05) is 12.1 Å². The van der Waals surface area contributed by atoms with Crippen molar-refractivity contribution in [2.75, 3.05) is 20.6 Å². The smallest absolute Gasteiger partial charge is 0.115 e. The van der Waals surface area contributed by atoms with Gasteiger partial charge in [-0.2, -0.15) is 0 Å². The summed E-state index contributed by atoms with van der Waals surface area (Å²) in [4.78, 5) is 2.15. The summed E-state index contributed by atoms with van der Waals surface area (Å²) in [5, 5.41) is 21.1. The summed E-state index contributed by atoms with van der Waals surface area (Å²) >= 11 is 0. The minimum Gasteiger partial charge on any atom is -0.508 e. The van der Waals surface area contributed by atoms with Gasteiger partial charge in [0.05, 0.1) is 5.60 Å². The predicted molar refractivity (Wildman–Crippen MR) is 82.1 cm³/mol. The van der Waals surface area contributed by atoms with Crippen molar-refractivity contribution in [2.45, 2.75) is 24.9 Å². The average molecular weight is 298 g/mol. The molecule has 0 heterocycles. The summed E-state index contributed by atoms with van der Waals surface area (Å²) < 4.78 is 0. The quantitative estimate of drug-likeness (QED) is 0.901. The van der Waals surface area contributed by atoms with E-state index in [9.17, 15) is 10.2 Å². The zero-order valence-corrected chi connectivity index (χ0v) is 12.9. The van der Waals surface area contributed by atoms with Gasteiger partial charge in [0.15, 0.2) is 0 Å². The van der Waals surface area contributed by atoms with E-state index in [4.69, 9.17) is 0 Å². The fourth-order valence-corrected chi connectivity index (χ4v) is 3.92. The molecule has 4 heteroatoms. The topological polar surface area (TPSA) is 43.7 Å². The zero-order valence-electron chi connectivity index (χ0n) is 12.1. The van der Waals surface area contributed by atoms with Gasteiger partial charge in [0, 0.05) is 12.5 Å². The van der Waals surface area contributed by atoms with Crippen LogP contribution in [0.25, 0.3) is 0 Å². The van der Waals surface area contributed by atoms with Crippen LogP contribution in [0.15, 0.2) is 24.3 Å². The molecular weight excluding hydrogens is 274 g/mol. The Morgan fingerprint density at radius 3 is 2.70 bits per heavy atom. The third-order valence-electron chi connectivity index (χ3n) is 4.89. The van der Waals surface area contributed by atoms with Crippen molar-refractivity contribution in [3.8, 4) is 5.75 Å². The van der Waals surface area contributed by atoms with E-state index < -0.39 is 5.60 Å². The second-order valence-corrected chi connectivity index (χ2v) is 6.51. The molecule has 2 fully saturated rings. The summed E-state index contributed by atoms with van der Waals surface area (Å²) in [5.41, 5.74) is 0.137. The fraction of sp³-hybridized carbons (Fsp3) is 0.625. The fourth-order valence-electron chi connectivity index (χ4n) is 3.92. The van der Waals surface area contributed by atoms with Gasteiger partial charge in [-0.05, 0) is 62.9 Å². The van der Waals surface area contributed by atoms with Crippen molar-refractivity contribution in [1.82, 2.24) is 4.90 Å². The average Bonchev–Trinajstić information content (AvgIpc) is 3.13. The lowest BCUT2D eigenvalue weighted by atomic mass is 9.71. The van der Waals surface area contributed by atoms with E-state index in [2.05, 4.69) is 19.0 Å². The molecule has 0 aliphatic heterocycles. The highest BCUT2D eigenvalue weighted by molar-refractivity contribution is 5.85. The van der Waals surface area contributed by atoms with Crippen LogP contribution in [-0.4, -0.2) is 35.8 Å². The molecule has 4 unspecified atom stereocenters. The van der Waals surface area contributed by atoms with Gasteiger partial charge in [-0.25, -0.2) is 0 Å². The van der Waals surface area contributed by atoms with Crippen LogP contribution >= 0.6 is 12.4 Å². The highest BCUT2D eigenvalue weighted by atomic mass is 35.5. The number of phenolic OH excluding ortho intramolecular Hbond substituents is 1. The zero-order chi connectivity index (χ0) is 13.6. The third kappa shape index (κ3) is 2.54. The Hall–Kier alpha value is -0.770. The highest BCUT2D eigenvalue weighted by Crippen LogP contribution is 2.61. The molecule has 1 aromatic rings. The number of aliphatic hydroxyl groups is 1. The van der Waals surface area contributed by atoms with Gasteiger partial charge in [-0.1, -0.05) is 12.1 Å². The summed E-state index contributed by atoms with van der Waals surface area (Å²) in [6, 6.07) is 7.20. The van der Waals surface area contributed by atoms with E-state index in [1.54, 1.807) is 12.1 Å². The molecule has 0 radical (unpaired) electrons. The summed E-state index contributed by atoms with van der Waals surface area (Å²) in [6.45, 7) is 0.898. The largest absolute Gasteiger partial charge is 0.508 e. The van der Waals surface area contributed by atoms with Crippen LogP contribution in [0.3, 0.4) is 0 Å². The van der Waals surface area contributed by atoms with E-state index in [0.717, 1.165) is 24.9 Å². The number of benzene rings is 1. The van der Waals surface area contributed by atoms with Crippen molar-refractivity contribution in [3.05, 3.63) is 29.8 Å². The normalized spacial score (nSPS) is 35.3. The van der Waals surface area contributed by atoms with Crippen molar-refractivity contribution >= 4 is 12.4 Å². The molecule has 0 spiro atoms. The van der Waals surface area contributed by atoms with Gasteiger partial charge in [0.1, 0.15) is 5.75 Å². The molecular formula is C16H24ClNO2. The number of nitrogens with zero attached hydrogens (tertiary/aromatic N) is 1. The molecule has 3 rings (SSSR count). The Labute approximate surface area is 127 Å². The number of hydrogen-bond donors (Lipinski definition) is 2. The van der Waals surface area contributed by atoms with Gasteiger partial charge in [-0.3, -0.25) is 0 Å². The first kappa shape index (κ1) is 15.6. The molecule has 20 heavy (non-hydrogen) atoms. The maximum Gasteiger partial charge on any atom is 0.115 e. The monoisotopic (exact) mass is 297 g/mol. The number of rotatable bonds is 3. The van der Waals surface area contributed by atoms with E-state index in [1.165, 1.54) is 6.42 Å². The number of fused-ring (bicyclic) bond motifs is 1. The summed E-state index contributed by atoms with van der Waals surface area (Å²) in [6.07, 6.45) is 3.45. The van der Waals surface area contributed by atoms with Crippen molar-refractivity contribution in [3.63, 3.8) is 0 Å². The predicted octanol–water partition coefficient (Wildman–Crippen LogP) is 2.61. The van der Waals surface area contributed by atoms with Crippen LogP contribution in [0.1, 0.15) is 24.8 Å². The molecule has 0 saturated heterocycles. The molecule has 0 aromatic heterocycles. The lowest BCUT2D eigenvalue weighted by Gasteiger charge is -2.42. The van der Waals surface area contributed by atoms with Gasteiger partial charge in [0.2, 0.25) is 0 Å². The van der Waals surface area contributed by atoms with E-state index >= 15 is 0 Å². The van der Waals surface area contributed by atoms with Crippen LogP contribution in [0.4, 0.5) is 0 Å².